The summed E-state index contributed by atoms with van der Waals surface area (Å²) in [6.07, 6.45) is 2.67. The molecule has 0 spiro atoms. The van der Waals surface area contributed by atoms with Gasteiger partial charge in [0.15, 0.2) is 0 Å². The number of rotatable bonds is 4. The van der Waals surface area contributed by atoms with E-state index < -0.39 is 0 Å². The minimum Gasteiger partial charge on any atom is -0.483 e. The van der Waals surface area contributed by atoms with E-state index >= 15 is 0 Å². The van der Waals surface area contributed by atoms with Crippen LogP contribution in [-0.2, 0) is 14.4 Å². The van der Waals surface area contributed by atoms with Crippen molar-refractivity contribution in [2.24, 2.45) is 5.92 Å². The van der Waals surface area contributed by atoms with E-state index in [4.69, 9.17) is 9.90 Å². The van der Waals surface area contributed by atoms with Gasteiger partial charge in [-0.2, -0.15) is 0 Å². The number of carbonyl (C=O) groups is 3. The maximum atomic E-state index is 13.1. The number of anilines is 1. The van der Waals surface area contributed by atoms with Crippen LogP contribution >= 0.6 is 0 Å². The van der Waals surface area contributed by atoms with Crippen LogP contribution in [0.25, 0.3) is 0 Å². The van der Waals surface area contributed by atoms with Crippen LogP contribution in [0.5, 0.6) is 0 Å². The lowest BCUT2D eigenvalue weighted by molar-refractivity contribution is -0.124. The summed E-state index contributed by atoms with van der Waals surface area (Å²) in [4.78, 5) is 34.8. The second-order valence-electron chi connectivity index (χ2n) is 9.43. The second kappa shape index (κ2) is 9.55. The molecule has 2 saturated heterocycles. The first-order valence-electron chi connectivity index (χ1n) is 10.2. The largest absolute Gasteiger partial charge is 0.483 e. The molecule has 2 amide bonds. The third kappa shape index (κ3) is 6.79. The lowest BCUT2D eigenvalue weighted by atomic mass is 9.74. The fraction of sp³-hybridized carbons (Fsp3) is 0.591. The first-order chi connectivity index (χ1) is 13.9. The Bertz CT molecular complexity index is 748. The highest BCUT2D eigenvalue weighted by molar-refractivity contribution is 5.96. The number of nitrogens with zero attached hydrogens (tertiary/aromatic N) is 1. The van der Waals surface area contributed by atoms with Crippen LogP contribution in [0.15, 0.2) is 24.3 Å². The maximum Gasteiger partial charge on any atom is 0.290 e. The summed E-state index contributed by atoms with van der Waals surface area (Å²) in [5, 5.41) is 13.5. The third-order valence-electron chi connectivity index (χ3n) is 5.38. The molecule has 2 heterocycles. The van der Waals surface area contributed by atoms with Gasteiger partial charge in [-0.3, -0.25) is 14.4 Å². The minimum atomic E-state index is -0.330. The van der Waals surface area contributed by atoms with Crippen molar-refractivity contribution in [1.29, 1.82) is 0 Å². The van der Waals surface area contributed by atoms with Crippen LogP contribution in [-0.4, -0.2) is 47.1 Å². The highest BCUT2D eigenvalue weighted by Crippen LogP contribution is 2.34. The van der Waals surface area contributed by atoms with E-state index in [0.717, 1.165) is 12.8 Å². The molecule has 2 aliphatic rings. The number of benzene rings is 1. The van der Waals surface area contributed by atoms with Crippen LogP contribution in [0.3, 0.4) is 0 Å². The van der Waals surface area contributed by atoms with Gasteiger partial charge in [0.1, 0.15) is 5.82 Å². The second-order valence-corrected chi connectivity index (χ2v) is 9.43. The molecule has 0 bridgehead atoms. The Labute approximate surface area is 177 Å². The molecule has 1 unspecified atom stereocenters. The van der Waals surface area contributed by atoms with Crippen LogP contribution < -0.4 is 15.5 Å². The molecule has 0 radical (unpaired) electrons. The first kappa shape index (κ1) is 23.8. The summed E-state index contributed by atoms with van der Waals surface area (Å²) in [7, 11) is 0. The average molecular weight is 422 g/mol. The molecule has 0 aromatic heterocycles. The monoisotopic (exact) mass is 421 g/mol. The molecule has 2 aliphatic heterocycles. The summed E-state index contributed by atoms with van der Waals surface area (Å²) in [6.45, 7) is 8.88. The molecule has 166 valence electrons. The summed E-state index contributed by atoms with van der Waals surface area (Å²) in [6, 6.07) is 5.68. The van der Waals surface area contributed by atoms with E-state index in [0.29, 0.717) is 24.6 Å². The van der Waals surface area contributed by atoms with Crippen molar-refractivity contribution in [2.75, 3.05) is 11.4 Å². The lowest BCUT2D eigenvalue weighted by Crippen LogP contribution is -2.58. The number of carboxylic acid groups (broad SMARTS) is 1. The third-order valence-corrected chi connectivity index (χ3v) is 5.38. The molecule has 7 nitrogen and oxygen atoms in total. The van der Waals surface area contributed by atoms with Gasteiger partial charge < -0.3 is 20.6 Å². The molecular formula is C22H32FN3O4. The van der Waals surface area contributed by atoms with Gasteiger partial charge in [-0.05, 0) is 70.7 Å². The Morgan fingerprint density at radius 2 is 1.77 bits per heavy atom. The quantitative estimate of drug-likeness (QED) is 0.650. The maximum absolute atomic E-state index is 13.1. The fourth-order valence-corrected chi connectivity index (χ4v) is 4.90. The molecule has 2 fully saturated rings. The van der Waals surface area contributed by atoms with E-state index in [9.17, 15) is 14.0 Å². The summed E-state index contributed by atoms with van der Waals surface area (Å²) < 4.78 is 13.1. The standard InChI is InChI=1S/C21H30FN3O2.CH2O2/c1-20(2)11-14(12-21(3,4)24-20)9-18(26)23-16-10-19(27)25(13-16)17-7-5-15(22)6-8-17;2-1-3/h5-8,14,16,24H,9-13H2,1-4H3,(H,23,26);1H,(H,2,3). The molecule has 1 aromatic carbocycles. The predicted molar refractivity (Wildman–Crippen MR) is 113 cm³/mol. The molecule has 0 saturated carbocycles. The van der Waals surface area contributed by atoms with Gasteiger partial charge in [0, 0.05) is 36.2 Å². The van der Waals surface area contributed by atoms with Crippen LogP contribution in [0.2, 0.25) is 0 Å². The Hall–Kier alpha value is -2.48. The number of carbonyl (C=O) groups excluding carboxylic acids is 2. The molecule has 1 aromatic rings. The molecule has 3 rings (SSSR count). The Morgan fingerprint density at radius 1 is 1.23 bits per heavy atom. The minimum absolute atomic E-state index is 0.00672. The Balaban J connectivity index is 0.00000101. The van der Waals surface area contributed by atoms with E-state index in [1.54, 1.807) is 17.0 Å². The topological polar surface area (TPSA) is 98.7 Å². The lowest BCUT2D eigenvalue weighted by Gasteiger charge is -2.46. The molecular weight excluding hydrogens is 389 g/mol. The van der Waals surface area contributed by atoms with Gasteiger partial charge in [0.25, 0.3) is 6.47 Å². The van der Waals surface area contributed by atoms with Gasteiger partial charge in [0.2, 0.25) is 11.8 Å². The van der Waals surface area contributed by atoms with Crippen LogP contribution in [0, 0.1) is 11.7 Å². The van der Waals surface area contributed by atoms with E-state index in [-0.39, 0.29) is 47.6 Å². The van der Waals surface area contributed by atoms with Crippen molar-refractivity contribution >= 4 is 24.0 Å². The van der Waals surface area contributed by atoms with Crippen molar-refractivity contribution < 1.29 is 23.9 Å². The zero-order chi connectivity index (χ0) is 22.5. The van der Waals surface area contributed by atoms with Gasteiger partial charge in [-0.1, -0.05) is 0 Å². The summed E-state index contributed by atoms with van der Waals surface area (Å²) in [5.74, 6) is -0.0482. The highest BCUT2D eigenvalue weighted by Gasteiger charge is 2.39. The van der Waals surface area contributed by atoms with Crippen molar-refractivity contribution in [3.8, 4) is 0 Å². The van der Waals surface area contributed by atoms with Crippen molar-refractivity contribution in [3.05, 3.63) is 30.1 Å². The first-order valence-corrected chi connectivity index (χ1v) is 10.2. The highest BCUT2D eigenvalue weighted by atomic mass is 19.1. The van der Waals surface area contributed by atoms with Crippen LogP contribution in [0.1, 0.15) is 53.4 Å². The molecule has 1 atom stereocenters. The van der Waals surface area contributed by atoms with Gasteiger partial charge in [-0.15, -0.1) is 0 Å². The molecule has 30 heavy (non-hydrogen) atoms. The normalized spacial score (nSPS) is 22.8. The van der Waals surface area contributed by atoms with Crippen LogP contribution in [0.4, 0.5) is 10.1 Å². The zero-order valence-corrected chi connectivity index (χ0v) is 18.1. The number of hydrogen-bond acceptors (Lipinski definition) is 4. The molecule has 0 aliphatic carbocycles. The Morgan fingerprint density at radius 3 is 2.30 bits per heavy atom. The number of hydrogen-bond donors (Lipinski definition) is 3. The SMILES string of the molecule is CC1(C)CC(CC(=O)NC2CC(=O)N(c3ccc(F)cc3)C2)CC(C)(C)N1.O=CO. The van der Waals surface area contributed by atoms with E-state index in [1.165, 1.54) is 12.1 Å². The summed E-state index contributed by atoms with van der Waals surface area (Å²) >= 11 is 0. The fourth-order valence-electron chi connectivity index (χ4n) is 4.90. The van der Waals surface area contributed by atoms with Crippen molar-refractivity contribution in [2.45, 2.75) is 70.5 Å². The van der Waals surface area contributed by atoms with Crippen molar-refractivity contribution in [3.63, 3.8) is 0 Å². The van der Waals surface area contributed by atoms with Gasteiger partial charge in [-0.25, -0.2) is 4.39 Å². The Kier molecular flexibility index (Phi) is 7.58. The molecule has 3 N–H and O–H groups in total. The summed E-state index contributed by atoms with van der Waals surface area (Å²) in [5.41, 5.74) is 0.685. The number of nitrogens with one attached hydrogen (secondary N) is 2. The number of amides is 2. The zero-order valence-electron chi connectivity index (χ0n) is 18.1. The van der Waals surface area contributed by atoms with Gasteiger partial charge in [0.05, 0.1) is 6.04 Å². The van der Waals surface area contributed by atoms with E-state index in [2.05, 4.69) is 38.3 Å². The number of piperidine rings is 1. The average Bonchev–Trinajstić information content (AvgIpc) is 2.93. The molecule has 8 heteroatoms. The number of halogens is 1. The van der Waals surface area contributed by atoms with E-state index in [1.807, 2.05) is 0 Å². The smallest absolute Gasteiger partial charge is 0.290 e. The predicted octanol–water partition coefficient (Wildman–Crippen LogP) is 2.69. The van der Waals surface area contributed by atoms with Gasteiger partial charge >= 0.3 is 0 Å². The van der Waals surface area contributed by atoms with Crippen molar-refractivity contribution in [1.82, 2.24) is 10.6 Å².